The predicted octanol–water partition coefficient (Wildman–Crippen LogP) is 1.12. The second-order valence-corrected chi connectivity index (χ2v) is 6.08. The highest BCUT2D eigenvalue weighted by Gasteiger charge is 2.50. The fourth-order valence-corrected chi connectivity index (χ4v) is 2.86. The molecule has 2 aliphatic carbocycles. The highest BCUT2D eigenvalue weighted by molar-refractivity contribution is 5.77. The van der Waals surface area contributed by atoms with E-state index in [1.165, 1.54) is 0 Å². The van der Waals surface area contributed by atoms with Crippen molar-refractivity contribution in [1.29, 1.82) is 0 Å². The number of carbonyl (C=O) groups excluding carboxylic acids is 2. The van der Waals surface area contributed by atoms with Crippen LogP contribution < -0.4 is 11.2 Å². The molecule has 0 aromatic carbocycles. The van der Waals surface area contributed by atoms with Crippen LogP contribution in [-0.4, -0.2) is 23.7 Å². The maximum Gasteiger partial charge on any atom is 0.407 e. The summed E-state index contributed by atoms with van der Waals surface area (Å²) in [6, 6.07) is -0.305. The number of hydrogen-bond donors (Lipinski definition) is 2. The molecule has 2 bridgehead atoms. The van der Waals surface area contributed by atoms with Crippen LogP contribution >= 0.6 is 0 Å². The normalized spacial score (nSPS) is 32.2. The van der Waals surface area contributed by atoms with Gasteiger partial charge in [-0.2, -0.15) is 5.90 Å². The van der Waals surface area contributed by atoms with Crippen molar-refractivity contribution in [2.24, 2.45) is 23.7 Å². The standard InChI is InChI=1S/C13H20N2O4/c1-13(2,3)18-12(17)15-10-8-5-4-7(6-8)9(10)11(16)19-14/h4-5,7-10H,6,14H2,1-3H3,(H,15,17)/t7-,8+,9+,10-/m0/s1. The molecule has 1 fully saturated rings. The number of nitrogens with two attached hydrogens (primary N) is 1. The zero-order chi connectivity index (χ0) is 14.2. The molecule has 0 spiro atoms. The molecule has 1 amide bonds. The van der Waals surface area contributed by atoms with Crippen molar-refractivity contribution in [3.63, 3.8) is 0 Å². The lowest BCUT2D eigenvalue weighted by Crippen LogP contribution is -2.48. The van der Waals surface area contributed by atoms with Gasteiger partial charge < -0.3 is 14.9 Å². The van der Waals surface area contributed by atoms with Gasteiger partial charge in [0.15, 0.2) is 0 Å². The minimum Gasteiger partial charge on any atom is -0.444 e. The van der Waals surface area contributed by atoms with E-state index in [2.05, 4.69) is 10.2 Å². The van der Waals surface area contributed by atoms with Crippen LogP contribution in [0.5, 0.6) is 0 Å². The van der Waals surface area contributed by atoms with Crippen LogP contribution in [-0.2, 0) is 14.4 Å². The molecule has 0 unspecified atom stereocenters. The summed E-state index contributed by atoms with van der Waals surface area (Å²) in [6.45, 7) is 5.37. The van der Waals surface area contributed by atoms with Gasteiger partial charge in [-0.25, -0.2) is 9.59 Å². The Balaban J connectivity index is 2.04. The maximum absolute atomic E-state index is 11.8. The second-order valence-electron chi connectivity index (χ2n) is 6.08. The number of ether oxygens (including phenoxy) is 1. The molecule has 3 N–H and O–H groups in total. The Morgan fingerprint density at radius 3 is 2.47 bits per heavy atom. The first-order chi connectivity index (χ1) is 8.81. The summed E-state index contributed by atoms with van der Waals surface area (Å²) >= 11 is 0. The number of amides is 1. The lowest BCUT2D eigenvalue weighted by molar-refractivity contribution is -0.150. The molecule has 6 nitrogen and oxygen atoms in total. The molecule has 2 aliphatic rings. The molecule has 0 aliphatic heterocycles. The van der Waals surface area contributed by atoms with Gasteiger partial charge >= 0.3 is 12.1 Å². The number of rotatable bonds is 2. The minimum atomic E-state index is -0.568. The van der Waals surface area contributed by atoms with E-state index < -0.39 is 23.6 Å². The van der Waals surface area contributed by atoms with Crippen molar-refractivity contribution in [3.8, 4) is 0 Å². The average Bonchev–Trinajstić information content (AvgIpc) is 2.85. The van der Waals surface area contributed by atoms with E-state index in [1.54, 1.807) is 20.8 Å². The number of carbonyl (C=O) groups is 2. The SMILES string of the molecule is CC(C)(C)OC(=O)N[C@@H]1[C@H](C(=O)ON)[C@H]2C=C[C@@H]1C2. The number of nitrogens with one attached hydrogen (secondary N) is 1. The summed E-state index contributed by atoms with van der Waals surface area (Å²) in [5.74, 6) is 4.27. The third-order valence-corrected chi connectivity index (χ3v) is 3.53. The molecule has 4 atom stereocenters. The summed E-state index contributed by atoms with van der Waals surface area (Å²) in [5, 5.41) is 2.76. The molecule has 6 heteroatoms. The molecule has 1 saturated carbocycles. The highest BCUT2D eigenvalue weighted by atomic mass is 16.7. The van der Waals surface area contributed by atoms with Crippen molar-refractivity contribution in [1.82, 2.24) is 5.32 Å². The lowest BCUT2D eigenvalue weighted by atomic mass is 9.89. The van der Waals surface area contributed by atoms with E-state index in [0.717, 1.165) is 6.42 Å². The monoisotopic (exact) mass is 268 g/mol. The van der Waals surface area contributed by atoms with Gasteiger partial charge in [0.25, 0.3) is 0 Å². The molecule has 2 rings (SSSR count). The van der Waals surface area contributed by atoms with Crippen molar-refractivity contribution in [3.05, 3.63) is 12.2 Å². The van der Waals surface area contributed by atoms with Crippen LogP contribution in [0.1, 0.15) is 27.2 Å². The Labute approximate surface area is 112 Å². The van der Waals surface area contributed by atoms with Crippen LogP contribution in [0.15, 0.2) is 12.2 Å². The van der Waals surface area contributed by atoms with Gasteiger partial charge in [-0.05, 0) is 39.0 Å². The summed E-state index contributed by atoms with van der Waals surface area (Å²) in [6.07, 6.45) is 4.32. The summed E-state index contributed by atoms with van der Waals surface area (Å²) in [4.78, 5) is 27.8. The van der Waals surface area contributed by atoms with Crippen molar-refractivity contribution in [2.45, 2.75) is 38.8 Å². The Morgan fingerprint density at radius 1 is 1.26 bits per heavy atom. The molecule has 0 radical (unpaired) electrons. The Hall–Kier alpha value is -1.56. The van der Waals surface area contributed by atoms with Gasteiger partial charge in [-0.15, -0.1) is 0 Å². The smallest absolute Gasteiger partial charge is 0.407 e. The average molecular weight is 268 g/mol. The maximum atomic E-state index is 11.8. The molecular weight excluding hydrogens is 248 g/mol. The van der Waals surface area contributed by atoms with Crippen molar-refractivity contribution < 1.29 is 19.2 Å². The Morgan fingerprint density at radius 2 is 1.89 bits per heavy atom. The molecule has 0 aromatic heterocycles. The summed E-state index contributed by atoms with van der Waals surface area (Å²) < 4.78 is 5.21. The van der Waals surface area contributed by atoms with E-state index in [9.17, 15) is 9.59 Å². The first-order valence-corrected chi connectivity index (χ1v) is 6.40. The largest absolute Gasteiger partial charge is 0.444 e. The quantitative estimate of drug-likeness (QED) is 0.578. The molecule has 19 heavy (non-hydrogen) atoms. The molecule has 0 heterocycles. The van der Waals surface area contributed by atoms with E-state index in [4.69, 9.17) is 10.6 Å². The van der Waals surface area contributed by atoms with Gasteiger partial charge in [0.2, 0.25) is 0 Å². The number of fused-ring (bicyclic) bond motifs is 2. The van der Waals surface area contributed by atoms with Gasteiger partial charge in [0, 0.05) is 0 Å². The van der Waals surface area contributed by atoms with Crippen molar-refractivity contribution in [2.75, 3.05) is 0 Å². The fraction of sp³-hybridized carbons (Fsp3) is 0.692. The van der Waals surface area contributed by atoms with Crippen LogP contribution in [0, 0.1) is 17.8 Å². The molecule has 106 valence electrons. The number of hydrogen-bond acceptors (Lipinski definition) is 5. The van der Waals surface area contributed by atoms with Crippen molar-refractivity contribution >= 4 is 12.1 Å². The van der Waals surface area contributed by atoms with Gasteiger partial charge in [0.05, 0.1) is 12.0 Å². The number of alkyl carbamates (subject to hydrolysis) is 1. The van der Waals surface area contributed by atoms with Crippen LogP contribution in [0.2, 0.25) is 0 Å². The topological polar surface area (TPSA) is 90.6 Å². The summed E-state index contributed by atoms with van der Waals surface area (Å²) in [7, 11) is 0. The molecule has 0 aromatic rings. The van der Waals surface area contributed by atoms with E-state index in [-0.39, 0.29) is 17.9 Å². The predicted molar refractivity (Wildman–Crippen MR) is 67.7 cm³/mol. The minimum absolute atomic E-state index is 0.0842. The van der Waals surface area contributed by atoms with E-state index in [0.29, 0.717) is 0 Å². The second kappa shape index (κ2) is 4.85. The summed E-state index contributed by atoms with van der Waals surface area (Å²) in [5.41, 5.74) is -0.568. The highest BCUT2D eigenvalue weighted by Crippen LogP contribution is 2.44. The molecular formula is C13H20N2O4. The lowest BCUT2D eigenvalue weighted by Gasteiger charge is -2.28. The van der Waals surface area contributed by atoms with Gasteiger partial charge in [0.1, 0.15) is 5.60 Å². The first kappa shape index (κ1) is 13.9. The third-order valence-electron chi connectivity index (χ3n) is 3.53. The molecule has 0 saturated heterocycles. The Kier molecular flexibility index (Phi) is 3.54. The third kappa shape index (κ3) is 2.89. The van der Waals surface area contributed by atoms with E-state index in [1.807, 2.05) is 12.2 Å². The fourth-order valence-electron chi connectivity index (χ4n) is 2.86. The van der Waals surface area contributed by atoms with Crippen LogP contribution in [0.25, 0.3) is 0 Å². The van der Waals surface area contributed by atoms with Gasteiger partial charge in [-0.1, -0.05) is 12.2 Å². The first-order valence-electron chi connectivity index (χ1n) is 6.40. The Bertz CT molecular complexity index is 413. The van der Waals surface area contributed by atoms with Crippen LogP contribution in [0.4, 0.5) is 4.79 Å². The zero-order valence-electron chi connectivity index (χ0n) is 11.4. The van der Waals surface area contributed by atoms with Crippen LogP contribution in [0.3, 0.4) is 0 Å². The zero-order valence-corrected chi connectivity index (χ0v) is 11.4. The van der Waals surface area contributed by atoms with Gasteiger partial charge in [-0.3, -0.25) is 0 Å². The number of allylic oxidation sites excluding steroid dienone is 1. The van der Waals surface area contributed by atoms with E-state index >= 15 is 0 Å².